The van der Waals surface area contributed by atoms with Gasteiger partial charge in [0.25, 0.3) is 17.7 Å². The Morgan fingerprint density at radius 1 is 0.909 bits per heavy atom. The van der Waals surface area contributed by atoms with Crippen molar-refractivity contribution in [3.8, 4) is 0 Å². The molecular formula is C26H18Cl2N2O3. The van der Waals surface area contributed by atoms with E-state index in [2.05, 4.69) is 5.43 Å². The first-order chi connectivity index (χ1) is 15.8. The molecule has 3 aliphatic carbocycles. The van der Waals surface area contributed by atoms with Gasteiger partial charge in [-0.1, -0.05) is 78.7 Å². The number of benzene rings is 3. The number of imide groups is 1. The highest BCUT2D eigenvalue weighted by Gasteiger charge is 2.66. The number of halogens is 2. The van der Waals surface area contributed by atoms with Crippen molar-refractivity contribution < 1.29 is 14.4 Å². The molecule has 7 heteroatoms. The predicted octanol–water partition coefficient (Wildman–Crippen LogP) is 4.70. The molecule has 1 aliphatic heterocycles. The molecule has 2 bridgehead atoms. The van der Waals surface area contributed by atoms with Gasteiger partial charge in [0.2, 0.25) is 0 Å². The zero-order valence-corrected chi connectivity index (χ0v) is 19.0. The van der Waals surface area contributed by atoms with Crippen molar-refractivity contribution in [3.63, 3.8) is 0 Å². The van der Waals surface area contributed by atoms with E-state index in [4.69, 9.17) is 23.2 Å². The molecule has 4 aliphatic rings. The van der Waals surface area contributed by atoms with Gasteiger partial charge in [-0.25, -0.2) is 0 Å². The minimum atomic E-state index is -0.684. The Hall–Kier alpha value is -3.15. The van der Waals surface area contributed by atoms with E-state index < -0.39 is 35.0 Å². The summed E-state index contributed by atoms with van der Waals surface area (Å²) in [5.41, 5.74) is 6.22. The van der Waals surface area contributed by atoms with Crippen LogP contribution in [-0.2, 0) is 15.0 Å². The molecule has 1 fully saturated rings. The second kappa shape index (κ2) is 6.92. The number of carbonyl (C=O) groups is 3. The van der Waals surface area contributed by atoms with Gasteiger partial charge in [-0.2, -0.15) is 5.01 Å². The van der Waals surface area contributed by atoms with Crippen LogP contribution in [0.2, 0.25) is 10.0 Å². The van der Waals surface area contributed by atoms with Gasteiger partial charge in [-0.3, -0.25) is 19.8 Å². The molecule has 164 valence electrons. The summed E-state index contributed by atoms with van der Waals surface area (Å²) in [5.74, 6) is -2.89. The molecule has 7 rings (SSSR count). The first-order valence-electron chi connectivity index (χ1n) is 10.7. The molecule has 0 saturated carbocycles. The molecule has 3 aromatic carbocycles. The summed E-state index contributed by atoms with van der Waals surface area (Å²) in [6.07, 6.45) is 0. The van der Waals surface area contributed by atoms with Crippen molar-refractivity contribution in [2.75, 3.05) is 0 Å². The summed E-state index contributed by atoms with van der Waals surface area (Å²) in [6.45, 7) is 2.03. The van der Waals surface area contributed by atoms with Crippen LogP contribution in [0.25, 0.3) is 0 Å². The SMILES string of the molecule is CC12c3ccccc3C(c3ccccc31)[C@H]1C(=O)N(NC(=O)c3ccc(Cl)cc3Cl)C(=O)[C@H]12. The number of nitrogens with zero attached hydrogens (tertiary/aromatic N) is 1. The second-order valence-electron chi connectivity index (χ2n) is 8.93. The van der Waals surface area contributed by atoms with Crippen LogP contribution < -0.4 is 5.43 Å². The number of hydrogen-bond acceptors (Lipinski definition) is 3. The molecule has 33 heavy (non-hydrogen) atoms. The molecule has 1 heterocycles. The van der Waals surface area contributed by atoms with Crippen molar-refractivity contribution >= 4 is 40.9 Å². The van der Waals surface area contributed by atoms with Gasteiger partial charge in [0, 0.05) is 16.4 Å². The van der Waals surface area contributed by atoms with Crippen molar-refractivity contribution in [2.45, 2.75) is 18.3 Å². The Balaban J connectivity index is 1.45. The lowest BCUT2D eigenvalue weighted by molar-refractivity contribution is -0.143. The van der Waals surface area contributed by atoms with Gasteiger partial charge in [0.15, 0.2) is 0 Å². The molecular weight excluding hydrogens is 459 g/mol. The third-order valence-corrected chi connectivity index (χ3v) is 7.98. The summed E-state index contributed by atoms with van der Waals surface area (Å²) in [6, 6.07) is 20.5. The lowest BCUT2D eigenvalue weighted by Crippen LogP contribution is -2.52. The van der Waals surface area contributed by atoms with E-state index in [1.54, 1.807) is 0 Å². The predicted molar refractivity (Wildman–Crippen MR) is 124 cm³/mol. The van der Waals surface area contributed by atoms with E-state index in [0.29, 0.717) is 5.02 Å². The first kappa shape index (κ1) is 20.5. The highest BCUT2D eigenvalue weighted by molar-refractivity contribution is 6.36. The maximum atomic E-state index is 13.7. The average molecular weight is 477 g/mol. The van der Waals surface area contributed by atoms with Crippen LogP contribution >= 0.6 is 23.2 Å². The number of rotatable bonds is 2. The Morgan fingerprint density at radius 3 is 2.12 bits per heavy atom. The summed E-state index contributed by atoms with van der Waals surface area (Å²) >= 11 is 12.1. The number of carbonyl (C=O) groups excluding carboxylic acids is 3. The smallest absolute Gasteiger partial charge is 0.271 e. The average Bonchev–Trinajstić information content (AvgIpc) is 3.05. The molecule has 3 amide bonds. The van der Waals surface area contributed by atoms with Crippen molar-refractivity contribution in [1.82, 2.24) is 10.4 Å². The molecule has 2 atom stereocenters. The van der Waals surface area contributed by atoms with Crippen LogP contribution in [-0.4, -0.2) is 22.7 Å². The molecule has 0 aromatic heterocycles. The Kier molecular flexibility index (Phi) is 4.29. The van der Waals surface area contributed by atoms with Crippen molar-refractivity contribution in [2.24, 2.45) is 11.8 Å². The van der Waals surface area contributed by atoms with Gasteiger partial charge < -0.3 is 0 Å². The summed E-state index contributed by atoms with van der Waals surface area (Å²) < 4.78 is 0. The monoisotopic (exact) mass is 476 g/mol. The van der Waals surface area contributed by atoms with E-state index in [1.165, 1.54) is 18.2 Å². The van der Waals surface area contributed by atoms with Crippen LogP contribution in [0.1, 0.15) is 45.5 Å². The molecule has 3 aromatic rings. The normalized spacial score (nSPS) is 26.6. The van der Waals surface area contributed by atoms with Gasteiger partial charge in [-0.15, -0.1) is 0 Å². The molecule has 1 saturated heterocycles. The number of nitrogens with one attached hydrogen (secondary N) is 1. The maximum absolute atomic E-state index is 13.7. The molecule has 0 radical (unpaired) electrons. The van der Waals surface area contributed by atoms with E-state index in [0.717, 1.165) is 27.3 Å². The zero-order chi connectivity index (χ0) is 23.1. The van der Waals surface area contributed by atoms with Crippen LogP contribution in [0.5, 0.6) is 0 Å². The van der Waals surface area contributed by atoms with Crippen LogP contribution in [0, 0.1) is 11.8 Å². The molecule has 0 unspecified atom stereocenters. The summed E-state index contributed by atoms with van der Waals surface area (Å²) in [4.78, 5) is 40.3. The quantitative estimate of drug-likeness (QED) is 0.544. The van der Waals surface area contributed by atoms with Crippen LogP contribution in [0.3, 0.4) is 0 Å². The Bertz CT molecular complexity index is 1340. The lowest BCUT2D eigenvalue weighted by atomic mass is 9.48. The molecule has 5 nitrogen and oxygen atoms in total. The molecule has 1 N–H and O–H groups in total. The fourth-order valence-electron chi connectivity index (χ4n) is 6.10. The van der Waals surface area contributed by atoms with Crippen molar-refractivity contribution in [3.05, 3.63) is 105 Å². The fraction of sp³-hybridized carbons (Fsp3) is 0.192. The Morgan fingerprint density at radius 2 is 1.52 bits per heavy atom. The largest absolute Gasteiger partial charge is 0.272 e. The lowest BCUT2D eigenvalue weighted by Gasteiger charge is -2.52. The van der Waals surface area contributed by atoms with E-state index in [9.17, 15) is 14.4 Å². The van der Waals surface area contributed by atoms with E-state index >= 15 is 0 Å². The zero-order valence-electron chi connectivity index (χ0n) is 17.5. The van der Waals surface area contributed by atoms with Crippen LogP contribution in [0.4, 0.5) is 0 Å². The topological polar surface area (TPSA) is 66.5 Å². The van der Waals surface area contributed by atoms with E-state index in [1.807, 2.05) is 55.5 Å². The van der Waals surface area contributed by atoms with E-state index in [-0.39, 0.29) is 16.5 Å². The third-order valence-electron chi connectivity index (χ3n) is 7.43. The maximum Gasteiger partial charge on any atom is 0.271 e. The minimum Gasteiger partial charge on any atom is -0.272 e. The number of hydrazine groups is 1. The first-order valence-corrected chi connectivity index (χ1v) is 11.4. The minimum absolute atomic E-state index is 0.136. The van der Waals surface area contributed by atoms with Gasteiger partial charge in [0.1, 0.15) is 0 Å². The highest BCUT2D eigenvalue weighted by atomic mass is 35.5. The summed E-state index contributed by atoms with van der Waals surface area (Å²) in [5, 5.41) is 1.42. The fourth-order valence-corrected chi connectivity index (χ4v) is 6.59. The van der Waals surface area contributed by atoms with Crippen LogP contribution in [0.15, 0.2) is 66.7 Å². The van der Waals surface area contributed by atoms with Gasteiger partial charge >= 0.3 is 0 Å². The number of hydrogen-bond donors (Lipinski definition) is 1. The third kappa shape index (κ3) is 2.58. The highest BCUT2D eigenvalue weighted by Crippen LogP contribution is 2.63. The number of amides is 3. The second-order valence-corrected chi connectivity index (χ2v) is 9.78. The van der Waals surface area contributed by atoms with Gasteiger partial charge in [0.05, 0.1) is 22.4 Å². The molecule has 0 spiro atoms. The standard InChI is InChI=1S/C26H18Cl2N2O3/c1-26-17-8-4-2-6-14(17)20(15-7-3-5-9-18(15)26)21-22(26)25(33)30(24(21)32)29-23(31)16-11-10-13(27)12-19(16)28/h2-12,20-22H,1H3,(H,29,31)/t20?,21-,22+,26?/m1/s1. The Labute approximate surface area is 200 Å². The summed E-state index contributed by atoms with van der Waals surface area (Å²) in [7, 11) is 0. The van der Waals surface area contributed by atoms with Crippen molar-refractivity contribution in [1.29, 1.82) is 0 Å². The van der Waals surface area contributed by atoms with Gasteiger partial charge in [-0.05, 0) is 40.5 Å².